The predicted molar refractivity (Wildman–Crippen MR) is 62.0 cm³/mol. The maximum absolute atomic E-state index is 13.2. The van der Waals surface area contributed by atoms with E-state index < -0.39 is 35.7 Å². The summed E-state index contributed by atoms with van der Waals surface area (Å²) in [6.07, 6.45) is 0. The van der Waals surface area contributed by atoms with Gasteiger partial charge in [0, 0.05) is 5.56 Å². The van der Waals surface area contributed by atoms with Crippen molar-refractivity contribution in [2.24, 2.45) is 5.73 Å². The van der Waals surface area contributed by atoms with Gasteiger partial charge in [-0.2, -0.15) is 0 Å². The highest BCUT2D eigenvalue weighted by Gasteiger charge is 2.39. The van der Waals surface area contributed by atoms with Gasteiger partial charge in [0.1, 0.15) is 12.6 Å². The summed E-state index contributed by atoms with van der Waals surface area (Å²) in [5.74, 6) is -5.64. The van der Waals surface area contributed by atoms with E-state index in [4.69, 9.17) is 10.8 Å². The third-order valence-electron chi connectivity index (χ3n) is 2.10. The number of phenols is 1. The lowest BCUT2D eigenvalue weighted by Gasteiger charge is -2.22. The molecule has 17 heavy (non-hydrogen) atoms. The molecule has 0 saturated carbocycles. The van der Waals surface area contributed by atoms with Gasteiger partial charge in [-0.3, -0.25) is 0 Å². The fourth-order valence-corrected chi connectivity index (χ4v) is 1.45. The zero-order chi connectivity index (χ0) is 12.5. The number of aliphatic hydroxyl groups excluding tert-OH is 1. The lowest BCUT2D eigenvalue weighted by Crippen LogP contribution is -2.36. The molecule has 0 aliphatic carbocycles. The van der Waals surface area contributed by atoms with Gasteiger partial charge >= 0.3 is 0 Å². The van der Waals surface area contributed by atoms with E-state index in [9.17, 15) is 18.3 Å². The lowest BCUT2D eigenvalue weighted by atomic mass is 10.0. The van der Waals surface area contributed by atoms with E-state index in [1.165, 1.54) is 0 Å². The summed E-state index contributed by atoms with van der Waals surface area (Å²) in [6.45, 7) is -1.48. The number of phenolic OH excluding ortho intramolecular Hbond substituents is 1. The summed E-state index contributed by atoms with van der Waals surface area (Å²) in [6, 6.07) is 0.245. The second-order valence-electron chi connectivity index (χ2n) is 3.20. The van der Waals surface area contributed by atoms with E-state index in [2.05, 4.69) is 15.9 Å². The highest BCUT2D eigenvalue weighted by atomic mass is 79.9. The summed E-state index contributed by atoms with van der Waals surface area (Å²) < 4.78 is 39.2. The standard InChI is InChI=1S/C9H9BrF3NO2.ClH/c10-5-2-1-4(7(16)6(5)11)8(14)9(12,13)3-15;/h1-2,8,15-16H,3,14H2;1H/t8-;/m1./s1. The van der Waals surface area contributed by atoms with Crippen molar-refractivity contribution in [1.29, 1.82) is 0 Å². The van der Waals surface area contributed by atoms with Gasteiger partial charge in [-0.15, -0.1) is 12.4 Å². The monoisotopic (exact) mass is 335 g/mol. The van der Waals surface area contributed by atoms with Crippen LogP contribution in [-0.4, -0.2) is 22.7 Å². The Morgan fingerprint density at radius 2 is 1.94 bits per heavy atom. The largest absolute Gasteiger partial charge is 0.505 e. The molecular weight excluding hydrogens is 326 g/mol. The quantitative estimate of drug-likeness (QED) is 0.794. The van der Waals surface area contributed by atoms with Gasteiger partial charge in [-0.25, -0.2) is 13.2 Å². The van der Waals surface area contributed by atoms with E-state index in [0.29, 0.717) is 0 Å². The minimum Gasteiger partial charge on any atom is -0.505 e. The van der Waals surface area contributed by atoms with Gasteiger partial charge in [0.2, 0.25) is 0 Å². The molecule has 8 heteroatoms. The summed E-state index contributed by atoms with van der Waals surface area (Å²) in [4.78, 5) is 0. The first-order chi connectivity index (χ1) is 7.31. The van der Waals surface area contributed by atoms with Gasteiger partial charge < -0.3 is 15.9 Å². The third-order valence-corrected chi connectivity index (χ3v) is 2.71. The second kappa shape index (κ2) is 5.90. The van der Waals surface area contributed by atoms with Crippen LogP contribution in [0.15, 0.2) is 16.6 Å². The average molecular weight is 337 g/mol. The number of hydrogen-bond acceptors (Lipinski definition) is 3. The van der Waals surface area contributed by atoms with Crippen LogP contribution in [0.3, 0.4) is 0 Å². The normalized spacial score (nSPS) is 13.1. The Bertz CT molecular complexity index is 406. The highest BCUT2D eigenvalue weighted by molar-refractivity contribution is 9.10. The Hall–Kier alpha value is -0.500. The number of rotatable bonds is 3. The molecule has 0 heterocycles. The number of halogens is 5. The molecule has 0 fully saturated rings. The maximum Gasteiger partial charge on any atom is 0.289 e. The molecule has 0 amide bonds. The van der Waals surface area contributed by atoms with Crippen LogP contribution in [0.1, 0.15) is 11.6 Å². The van der Waals surface area contributed by atoms with Crippen molar-refractivity contribution in [3.63, 3.8) is 0 Å². The minimum atomic E-state index is -3.63. The Labute approximate surface area is 110 Å². The molecule has 3 nitrogen and oxygen atoms in total. The molecule has 1 aromatic carbocycles. The first-order valence-corrected chi connectivity index (χ1v) is 5.01. The van der Waals surface area contributed by atoms with Crippen molar-refractivity contribution in [2.75, 3.05) is 6.61 Å². The van der Waals surface area contributed by atoms with Crippen LogP contribution in [0.4, 0.5) is 13.2 Å². The maximum atomic E-state index is 13.2. The van der Waals surface area contributed by atoms with Crippen molar-refractivity contribution in [2.45, 2.75) is 12.0 Å². The lowest BCUT2D eigenvalue weighted by molar-refractivity contribution is -0.0716. The first kappa shape index (κ1) is 16.5. The van der Waals surface area contributed by atoms with Crippen LogP contribution in [0.5, 0.6) is 5.75 Å². The predicted octanol–water partition coefficient (Wildman–Crippen LogP) is 2.34. The molecular formula is C9H10BrClF3NO2. The van der Waals surface area contributed by atoms with E-state index in [1.54, 1.807) is 0 Å². The Morgan fingerprint density at radius 3 is 2.41 bits per heavy atom. The Kier molecular flexibility index (Phi) is 5.73. The van der Waals surface area contributed by atoms with E-state index in [-0.39, 0.29) is 16.9 Å². The molecule has 1 atom stereocenters. The molecule has 4 N–H and O–H groups in total. The molecule has 0 aromatic heterocycles. The van der Waals surface area contributed by atoms with Crippen molar-refractivity contribution in [3.05, 3.63) is 28.0 Å². The van der Waals surface area contributed by atoms with Crippen LogP contribution in [0.25, 0.3) is 0 Å². The second-order valence-corrected chi connectivity index (χ2v) is 4.05. The summed E-state index contributed by atoms with van der Waals surface area (Å²) in [5, 5.41) is 17.7. The van der Waals surface area contributed by atoms with Gasteiger partial charge in [-0.1, -0.05) is 6.07 Å². The van der Waals surface area contributed by atoms with Crippen LogP contribution in [-0.2, 0) is 0 Å². The molecule has 0 unspecified atom stereocenters. The number of hydrogen-bond donors (Lipinski definition) is 3. The fraction of sp³-hybridized carbons (Fsp3) is 0.333. The van der Waals surface area contributed by atoms with Crippen molar-refractivity contribution >= 4 is 28.3 Å². The summed E-state index contributed by atoms with van der Waals surface area (Å²) in [7, 11) is 0. The van der Waals surface area contributed by atoms with Crippen LogP contribution in [0, 0.1) is 5.82 Å². The van der Waals surface area contributed by atoms with Gasteiger partial charge in [0.05, 0.1) is 4.47 Å². The highest BCUT2D eigenvalue weighted by Crippen LogP contribution is 2.37. The zero-order valence-electron chi connectivity index (χ0n) is 8.33. The average Bonchev–Trinajstić information content (AvgIpc) is 2.25. The zero-order valence-corrected chi connectivity index (χ0v) is 10.7. The molecule has 0 aliphatic heterocycles. The minimum absolute atomic E-state index is 0. The van der Waals surface area contributed by atoms with E-state index in [0.717, 1.165) is 12.1 Å². The Morgan fingerprint density at radius 1 is 1.41 bits per heavy atom. The van der Waals surface area contributed by atoms with Gasteiger partial charge in [0.25, 0.3) is 5.92 Å². The topological polar surface area (TPSA) is 66.5 Å². The number of benzene rings is 1. The fourth-order valence-electron chi connectivity index (χ4n) is 1.13. The van der Waals surface area contributed by atoms with Crippen LogP contribution < -0.4 is 5.73 Å². The molecule has 0 aliphatic rings. The van der Waals surface area contributed by atoms with Gasteiger partial charge in [0.15, 0.2) is 11.6 Å². The molecule has 0 spiro atoms. The molecule has 1 rings (SSSR count). The van der Waals surface area contributed by atoms with Crippen LogP contribution in [0.2, 0.25) is 0 Å². The SMILES string of the molecule is Cl.N[C@H](c1ccc(Br)c(F)c1O)C(F)(F)CO. The van der Waals surface area contributed by atoms with Crippen molar-refractivity contribution in [1.82, 2.24) is 0 Å². The number of aliphatic hydroxyl groups is 1. The molecule has 0 radical (unpaired) electrons. The first-order valence-electron chi connectivity index (χ1n) is 4.22. The third kappa shape index (κ3) is 3.25. The smallest absolute Gasteiger partial charge is 0.289 e. The molecule has 1 aromatic rings. The number of nitrogens with two attached hydrogens (primary N) is 1. The van der Waals surface area contributed by atoms with Crippen molar-refractivity contribution < 1.29 is 23.4 Å². The number of aromatic hydroxyl groups is 1. The summed E-state index contributed by atoms with van der Waals surface area (Å²) in [5.41, 5.74) is 4.69. The van der Waals surface area contributed by atoms with E-state index in [1.807, 2.05) is 0 Å². The molecule has 0 bridgehead atoms. The van der Waals surface area contributed by atoms with Crippen LogP contribution >= 0.6 is 28.3 Å². The molecule has 98 valence electrons. The molecule has 0 saturated heterocycles. The van der Waals surface area contributed by atoms with E-state index >= 15 is 0 Å². The summed E-state index contributed by atoms with van der Waals surface area (Å²) >= 11 is 2.78. The van der Waals surface area contributed by atoms with Crippen molar-refractivity contribution in [3.8, 4) is 5.75 Å². The van der Waals surface area contributed by atoms with Gasteiger partial charge in [-0.05, 0) is 22.0 Å². The Balaban J connectivity index is 0.00000256. The number of alkyl halides is 2.